The maximum atomic E-state index is 11.4. The molecule has 1 aromatic rings. The smallest absolute Gasteiger partial charge is 0.211 e. The van der Waals surface area contributed by atoms with E-state index in [1.54, 1.807) is 0 Å². The van der Waals surface area contributed by atoms with Crippen LogP contribution in [0, 0.1) is 11.3 Å². The predicted octanol–water partition coefficient (Wildman–Crippen LogP) is 1.13. The fourth-order valence-electron chi connectivity index (χ4n) is 2.17. The molecule has 2 rings (SSSR count). The molecule has 1 saturated heterocycles. The van der Waals surface area contributed by atoms with Gasteiger partial charge in [-0.2, -0.15) is 5.26 Å². The molecule has 1 aromatic heterocycles. The Hall–Kier alpha value is -0.940. The van der Waals surface area contributed by atoms with Crippen LogP contribution in [0.2, 0.25) is 0 Å². The summed E-state index contributed by atoms with van der Waals surface area (Å²) < 4.78 is 24.3. The van der Waals surface area contributed by atoms with E-state index in [0.29, 0.717) is 19.1 Å². The highest BCUT2D eigenvalue weighted by molar-refractivity contribution is 7.88. The van der Waals surface area contributed by atoms with Gasteiger partial charge in [0.1, 0.15) is 10.9 Å². The highest BCUT2D eigenvalue weighted by atomic mass is 32.2. The Morgan fingerprint density at radius 3 is 2.68 bits per heavy atom. The zero-order valence-corrected chi connectivity index (χ0v) is 12.4. The van der Waals surface area contributed by atoms with Crippen LogP contribution in [0.1, 0.15) is 22.6 Å². The summed E-state index contributed by atoms with van der Waals surface area (Å²) in [7, 11) is -3.04. The van der Waals surface area contributed by atoms with Gasteiger partial charge in [0.05, 0.1) is 6.26 Å². The molecule has 0 amide bonds. The average molecular weight is 299 g/mol. The Balaban J connectivity index is 1.79. The number of piperidine rings is 1. The summed E-state index contributed by atoms with van der Waals surface area (Å²) in [4.78, 5) is 1.87. The first-order valence-electron chi connectivity index (χ1n) is 6.16. The fraction of sp³-hybridized carbons (Fsp3) is 0.583. The zero-order valence-electron chi connectivity index (χ0n) is 10.8. The minimum atomic E-state index is -3.04. The van der Waals surface area contributed by atoms with Crippen LogP contribution in [0.5, 0.6) is 0 Å². The average Bonchev–Trinajstić information content (AvgIpc) is 2.84. The Kier molecular flexibility index (Phi) is 4.58. The van der Waals surface area contributed by atoms with Crippen molar-refractivity contribution in [2.45, 2.75) is 25.4 Å². The molecule has 104 valence electrons. The van der Waals surface area contributed by atoms with E-state index in [1.807, 2.05) is 12.1 Å². The molecule has 0 bridgehead atoms. The zero-order chi connectivity index (χ0) is 13.9. The summed E-state index contributed by atoms with van der Waals surface area (Å²) >= 11 is 1.50. The lowest BCUT2D eigenvalue weighted by Gasteiger charge is -2.30. The molecule has 0 atom stereocenters. The molecule has 19 heavy (non-hydrogen) atoms. The SMILES string of the molecule is CS(=O)(=O)N1CCC(NCc2ccc(C#N)s2)CC1. The molecule has 0 aromatic carbocycles. The lowest BCUT2D eigenvalue weighted by molar-refractivity contribution is 0.290. The monoisotopic (exact) mass is 299 g/mol. The Morgan fingerprint density at radius 2 is 2.16 bits per heavy atom. The Bertz CT molecular complexity index is 566. The molecule has 1 N–H and O–H groups in total. The minimum Gasteiger partial charge on any atom is -0.309 e. The van der Waals surface area contributed by atoms with Gasteiger partial charge >= 0.3 is 0 Å². The van der Waals surface area contributed by atoms with Gasteiger partial charge in [0, 0.05) is 30.6 Å². The van der Waals surface area contributed by atoms with Gasteiger partial charge in [0.2, 0.25) is 10.0 Å². The number of rotatable bonds is 4. The second-order valence-corrected chi connectivity index (χ2v) is 7.85. The van der Waals surface area contributed by atoms with Crippen molar-refractivity contribution < 1.29 is 8.42 Å². The van der Waals surface area contributed by atoms with E-state index in [-0.39, 0.29) is 0 Å². The summed E-state index contributed by atoms with van der Waals surface area (Å²) in [6.07, 6.45) is 2.93. The highest BCUT2D eigenvalue weighted by Gasteiger charge is 2.24. The molecule has 5 nitrogen and oxygen atoms in total. The molecule has 1 aliphatic heterocycles. The van der Waals surface area contributed by atoms with Crippen LogP contribution in [-0.2, 0) is 16.6 Å². The number of nitrogens with zero attached hydrogens (tertiary/aromatic N) is 2. The molecular weight excluding hydrogens is 282 g/mol. The number of nitrogens with one attached hydrogen (secondary N) is 1. The van der Waals surface area contributed by atoms with Crippen LogP contribution in [0.25, 0.3) is 0 Å². The van der Waals surface area contributed by atoms with E-state index in [2.05, 4.69) is 11.4 Å². The lowest BCUT2D eigenvalue weighted by Crippen LogP contribution is -2.44. The second kappa shape index (κ2) is 6.01. The van der Waals surface area contributed by atoms with Crippen molar-refractivity contribution >= 4 is 21.4 Å². The topological polar surface area (TPSA) is 73.2 Å². The summed E-state index contributed by atoms with van der Waals surface area (Å²) in [5.41, 5.74) is 0. The third-order valence-electron chi connectivity index (χ3n) is 3.26. The highest BCUT2D eigenvalue weighted by Crippen LogP contribution is 2.17. The normalized spacial score (nSPS) is 18.3. The van der Waals surface area contributed by atoms with Crippen LogP contribution in [0.4, 0.5) is 0 Å². The molecule has 0 spiro atoms. The number of thiophene rings is 1. The van der Waals surface area contributed by atoms with E-state index >= 15 is 0 Å². The quantitative estimate of drug-likeness (QED) is 0.904. The van der Waals surface area contributed by atoms with Crippen LogP contribution >= 0.6 is 11.3 Å². The first-order valence-corrected chi connectivity index (χ1v) is 8.83. The van der Waals surface area contributed by atoms with E-state index in [9.17, 15) is 8.42 Å². The van der Waals surface area contributed by atoms with Gasteiger partial charge in [-0.3, -0.25) is 0 Å². The van der Waals surface area contributed by atoms with Crippen molar-refractivity contribution in [3.8, 4) is 6.07 Å². The van der Waals surface area contributed by atoms with Gasteiger partial charge < -0.3 is 5.32 Å². The molecular formula is C12H17N3O2S2. The first kappa shape index (κ1) is 14.5. The maximum absolute atomic E-state index is 11.4. The minimum absolute atomic E-state index is 0.352. The molecule has 0 radical (unpaired) electrons. The first-order chi connectivity index (χ1) is 8.99. The molecule has 0 aliphatic carbocycles. The second-order valence-electron chi connectivity index (χ2n) is 4.69. The summed E-state index contributed by atoms with van der Waals surface area (Å²) in [6, 6.07) is 6.27. The van der Waals surface area contributed by atoms with Crippen molar-refractivity contribution in [3.63, 3.8) is 0 Å². The summed E-state index contributed by atoms with van der Waals surface area (Å²) in [5, 5.41) is 12.2. The van der Waals surface area contributed by atoms with Gasteiger partial charge in [-0.1, -0.05) is 0 Å². The van der Waals surface area contributed by atoms with Crippen molar-refractivity contribution in [2.75, 3.05) is 19.3 Å². The van der Waals surface area contributed by atoms with Crippen molar-refractivity contribution in [2.24, 2.45) is 0 Å². The molecule has 7 heteroatoms. The molecule has 0 unspecified atom stereocenters. The lowest BCUT2D eigenvalue weighted by atomic mass is 10.1. The van der Waals surface area contributed by atoms with Crippen LogP contribution < -0.4 is 5.32 Å². The molecule has 0 saturated carbocycles. The van der Waals surface area contributed by atoms with Crippen LogP contribution in [0.3, 0.4) is 0 Å². The van der Waals surface area contributed by atoms with Crippen molar-refractivity contribution in [1.82, 2.24) is 9.62 Å². The summed E-state index contributed by atoms with van der Waals surface area (Å²) in [5.74, 6) is 0. The van der Waals surface area contributed by atoms with Gasteiger partial charge in [0.25, 0.3) is 0 Å². The van der Waals surface area contributed by atoms with E-state index in [4.69, 9.17) is 5.26 Å². The van der Waals surface area contributed by atoms with Gasteiger partial charge in [-0.25, -0.2) is 12.7 Å². The predicted molar refractivity (Wildman–Crippen MR) is 75.3 cm³/mol. The van der Waals surface area contributed by atoms with E-state index in [1.165, 1.54) is 21.9 Å². The van der Waals surface area contributed by atoms with Gasteiger partial charge in [-0.05, 0) is 25.0 Å². The van der Waals surface area contributed by atoms with E-state index < -0.39 is 10.0 Å². The molecule has 2 heterocycles. The third kappa shape index (κ3) is 4.01. The summed E-state index contributed by atoms with van der Waals surface area (Å²) in [6.45, 7) is 1.92. The Morgan fingerprint density at radius 1 is 1.47 bits per heavy atom. The van der Waals surface area contributed by atoms with Gasteiger partial charge in [-0.15, -0.1) is 11.3 Å². The van der Waals surface area contributed by atoms with Crippen LogP contribution in [0.15, 0.2) is 12.1 Å². The fourth-order valence-corrected chi connectivity index (χ4v) is 3.80. The van der Waals surface area contributed by atoms with Crippen molar-refractivity contribution in [3.05, 3.63) is 21.9 Å². The number of sulfonamides is 1. The maximum Gasteiger partial charge on any atom is 0.211 e. The van der Waals surface area contributed by atoms with E-state index in [0.717, 1.165) is 29.1 Å². The largest absolute Gasteiger partial charge is 0.309 e. The molecule has 1 fully saturated rings. The van der Waals surface area contributed by atoms with Crippen LogP contribution in [-0.4, -0.2) is 38.1 Å². The van der Waals surface area contributed by atoms with Gasteiger partial charge in [0.15, 0.2) is 0 Å². The number of hydrogen-bond donors (Lipinski definition) is 1. The Labute approximate surface area is 117 Å². The van der Waals surface area contributed by atoms with Crippen molar-refractivity contribution in [1.29, 1.82) is 5.26 Å². The third-order valence-corrected chi connectivity index (χ3v) is 5.55. The standard InChI is InChI=1S/C12H17N3O2S2/c1-19(16,17)15-6-4-10(5-7-15)14-9-12-3-2-11(8-13)18-12/h2-3,10,14H,4-7,9H2,1H3. The molecule has 1 aliphatic rings. The number of nitriles is 1. The number of hydrogen-bond acceptors (Lipinski definition) is 5.